The molecule has 2 aromatic carbocycles. The number of guanidine groups is 1. The van der Waals surface area contributed by atoms with Crippen LogP contribution in [0.5, 0.6) is 5.75 Å². The minimum absolute atomic E-state index is 0. The molecular formula is C20H24F3IN4O. The molecule has 9 heteroatoms. The lowest BCUT2D eigenvalue weighted by molar-refractivity contribution is -0.274. The Morgan fingerprint density at radius 1 is 1.07 bits per heavy atom. The Kier molecular flexibility index (Phi) is 8.57. The minimum Gasteiger partial charge on any atom is -0.406 e. The lowest BCUT2D eigenvalue weighted by Gasteiger charge is -2.26. The van der Waals surface area contributed by atoms with Gasteiger partial charge in [-0.1, -0.05) is 30.3 Å². The van der Waals surface area contributed by atoms with E-state index >= 15 is 0 Å². The Morgan fingerprint density at radius 2 is 1.69 bits per heavy atom. The van der Waals surface area contributed by atoms with Crippen molar-refractivity contribution in [3.8, 4) is 5.75 Å². The summed E-state index contributed by atoms with van der Waals surface area (Å²) in [7, 11) is 0. The molecule has 1 aliphatic heterocycles. The van der Waals surface area contributed by atoms with Crippen LogP contribution in [0.2, 0.25) is 0 Å². The number of alkyl halides is 3. The second-order valence-corrected chi connectivity index (χ2v) is 6.59. The second kappa shape index (κ2) is 10.7. The first-order valence-electron chi connectivity index (χ1n) is 9.12. The van der Waals surface area contributed by atoms with Gasteiger partial charge in [0.15, 0.2) is 5.96 Å². The summed E-state index contributed by atoms with van der Waals surface area (Å²) in [6.45, 7) is 2.56. The maximum absolute atomic E-state index is 12.2. The third kappa shape index (κ3) is 7.39. The van der Waals surface area contributed by atoms with Crippen LogP contribution in [0.25, 0.3) is 0 Å². The first-order valence-corrected chi connectivity index (χ1v) is 9.12. The van der Waals surface area contributed by atoms with Gasteiger partial charge in [0.05, 0.1) is 12.6 Å². The molecule has 29 heavy (non-hydrogen) atoms. The van der Waals surface area contributed by atoms with E-state index < -0.39 is 6.36 Å². The Bertz CT molecular complexity index is 779. The number of likely N-dealkylation sites (tertiary alicyclic amines) is 1. The minimum atomic E-state index is -4.71. The predicted octanol–water partition coefficient (Wildman–Crippen LogP) is 4.77. The summed E-state index contributed by atoms with van der Waals surface area (Å²) in [5, 5.41) is 2.90. The number of anilines is 1. The number of hydrogen-bond acceptors (Lipinski definition) is 3. The van der Waals surface area contributed by atoms with Crippen LogP contribution in [0.1, 0.15) is 24.4 Å². The number of nitrogens with zero attached hydrogens (tertiary/aromatic N) is 2. The van der Waals surface area contributed by atoms with E-state index in [0.717, 1.165) is 13.1 Å². The molecule has 1 heterocycles. The van der Waals surface area contributed by atoms with Crippen LogP contribution in [-0.4, -0.2) is 36.9 Å². The number of hydrogen-bond donors (Lipinski definition) is 2. The Morgan fingerprint density at radius 3 is 2.28 bits per heavy atom. The Balaban J connectivity index is 0.00000300. The fourth-order valence-corrected chi connectivity index (χ4v) is 3.27. The molecule has 1 fully saturated rings. The van der Waals surface area contributed by atoms with Gasteiger partial charge in [0.25, 0.3) is 0 Å². The van der Waals surface area contributed by atoms with Gasteiger partial charge in [0.1, 0.15) is 5.75 Å². The molecule has 5 nitrogen and oxygen atoms in total. The van der Waals surface area contributed by atoms with Gasteiger partial charge in [-0.2, -0.15) is 0 Å². The number of aliphatic imine (C=N–C) groups is 1. The SMILES string of the molecule is I.NC(=NCC(c1ccccc1)N1CCCC1)Nc1ccc(OC(F)(F)F)cc1. The van der Waals surface area contributed by atoms with Crippen LogP contribution in [-0.2, 0) is 0 Å². The second-order valence-electron chi connectivity index (χ2n) is 6.59. The summed E-state index contributed by atoms with van der Waals surface area (Å²) < 4.78 is 40.5. The van der Waals surface area contributed by atoms with Gasteiger partial charge in [0.2, 0.25) is 0 Å². The fourth-order valence-electron chi connectivity index (χ4n) is 3.27. The Labute approximate surface area is 185 Å². The molecule has 0 spiro atoms. The number of rotatable bonds is 6. The molecule has 0 saturated carbocycles. The first-order chi connectivity index (χ1) is 13.4. The molecular weight excluding hydrogens is 496 g/mol. The van der Waals surface area contributed by atoms with Gasteiger partial charge in [-0.05, 0) is 55.8 Å². The van der Waals surface area contributed by atoms with E-state index in [0.29, 0.717) is 12.2 Å². The molecule has 0 amide bonds. The van der Waals surface area contributed by atoms with Crippen LogP contribution in [0.15, 0.2) is 59.6 Å². The molecule has 0 aliphatic carbocycles. The molecule has 0 bridgehead atoms. The zero-order valence-corrected chi connectivity index (χ0v) is 18.1. The van der Waals surface area contributed by atoms with Gasteiger partial charge in [0, 0.05) is 5.69 Å². The van der Waals surface area contributed by atoms with Crippen LogP contribution in [0.3, 0.4) is 0 Å². The topological polar surface area (TPSA) is 62.9 Å². The summed E-state index contributed by atoms with van der Waals surface area (Å²) in [6, 6.07) is 15.7. The van der Waals surface area contributed by atoms with Crippen molar-refractivity contribution in [2.24, 2.45) is 10.7 Å². The van der Waals surface area contributed by atoms with E-state index in [1.54, 1.807) is 0 Å². The maximum Gasteiger partial charge on any atom is 0.573 e. The molecule has 1 atom stereocenters. The predicted molar refractivity (Wildman–Crippen MR) is 119 cm³/mol. The van der Waals surface area contributed by atoms with Crippen molar-refractivity contribution in [3.63, 3.8) is 0 Å². The number of ether oxygens (including phenoxy) is 1. The van der Waals surface area contributed by atoms with Crippen molar-refractivity contribution in [2.45, 2.75) is 25.2 Å². The summed E-state index contributed by atoms with van der Waals surface area (Å²) >= 11 is 0. The highest BCUT2D eigenvalue weighted by Gasteiger charge is 2.31. The quantitative estimate of drug-likeness (QED) is 0.328. The monoisotopic (exact) mass is 520 g/mol. The van der Waals surface area contributed by atoms with Crippen LogP contribution >= 0.6 is 24.0 Å². The normalized spacial score (nSPS) is 16.2. The van der Waals surface area contributed by atoms with Crippen molar-refractivity contribution in [2.75, 3.05) is 25.0 Å². The molecule has 158 valence electrons. The lowest BCUT2D eigenvalue weighted by Crippen LogP contribution is -2.30. The average molecular weight is 520 g/mol. The van der Waals surface area contributed by atoms with E-state index in [2.05, 4.69) is 32.1 Å². The molecule has 1 saturated heterocycles. The van der Waals surface area contributed by atoms with Crippen molar-refractivity contribution in [3.05, 3.63) is 60.2 Å². The highest BCUT2D eigenvalue weighted by molar-refractivity contribution is 14.0. The number of nitrogens with one attached hydrogen (secondary N) is 1. The lowest BCUT2D eigenvalue weighted by atomic mass is 10.1. The van der Waals surface area contributed by atoms with E-state index in [4.69, 9.17) is 5.73 Å². The molecule has 2 aromatic rings. The average Bonchev–Trinajstić information content (AvgIpc) is 3.18. The third-order valence-corrected chi connectivity index (χ3v) is 4.56. The van der Waals surface area contributed by atoms with E-state index in [-0.39, 0.29) is 41.7 Å². The molecule has 1 aliphatic rings. The third-order valence-electron chi connectivity index (χ3n) is 4.56. The standard InChI is InChI=1S/C20H23F3N4O.HI/c21-20(22,23)28-17-10-8-16(9-11-17)26-19(24)25-14-18(27-12-4-5-13-27)15-6-2-1-3-7-15;/h1-3,6-11,18H,4-5,12-14H2,(H3,24,25,26);1H. The number of halogens is 4. The fraction of sp³-hybridized carbons (Fsp3) is 0.350. The smallest absolute Gasteiger partial charge is 0.406 e. The van der Waals surface area contributed by atoms with Crippen LogP contribution in [0, 0.1) is 0 Å². The molecule has 0 radical (unpaired) electrons. The number of benzene rings is 2. The van der Waals surface area contributed by atoms with Gasteiger partial charge >= 0.3 is 6.36 Å². The molecule has 1 unspecified atom stereocenters. The molecule has 0 aromatic heterocycles. The Hall–Kier alpha value is -2.01. The molecule has 3 N–H and O–H groups in total. The highest BCUT2D eigenvalue weighted by atomic mass is 127. The largest absolute Gasteiger partial charge is 0.573 e. The van der Waals surface area contributed by atoms with Crippen molar-refractivity contribution >= 4 is 35.6 Å². The van der Waals surface area contributed by atoms with E-state index in [1.807, 2.05) is 18.2 Å². The molecule has 3 rings (SSSR count). The zero-order valence-electron chi connectivity index (χ0n) is 15.7. The van der Waals surface area contributed by atoms with Crippen LogP contribution < -0.4 is 15.8 Å². The van der Waals surface area contributed by atoms with E-state index in [1.165, 1.54) is 42.7 Å². The maximum atomic E-state index is 12.2. The van der Waals surface area contributed by atoms with Gasteiger partial charge in [-0.25, -0.2) is 0 Å². The van der Waals surface area contributed by atoms with Crippen molar-refractivity contribution in [1.82, 2.24) is 4.90 Å². The summed E-state index contributed by atoms with van der Waals surface area (Å²) in [5.41, 5.74) is 7.70. The zero-order chi connectivity index (χ0) is 20.0. The van der Waals surface area contributed by atoms with Gasteiger partial charge in [-0.3, -0.25) is 9.89 Å². The number of nitrogens with two attached hydrogens (primary N) is 1. The van der Waals surface area contributed by atoms with Crippen LogP contribution in [0.4, 0.5) is 18.9 Å². The van der Waals surface area contributed by atoms with E-state index in [9.17, 15) is 13.2 Å². The van der Waals surface area contributed by atoms with Gasteiger partial charge < -0.3 is 15.8 Å². The highest BCUT2D eigenvalue weighted by Crippen LogP contribution is 2.26. The van der Waals surface area contributed by atoms with Crippen molar-refractivity contribution in [1.29, 1.82) is 0 Å². The summed E-state index contributed by atoms with van der Waals surface area (Å²) in [6.07, 6.45) is -2.36. The van der Waals surface area contributed by atoms with Gasteiger partial charge in [-0.15, -0.1) is 37.1 Å². The first kappa shape index (κ1) is 23.3. The summed E-state index contributed by atoms with van der Waals surface area (Å²) in [4.78, 5) is 6.85. The summed E-state index contributed by atoms with van der Waals surface area (Å²) in [5.74, 6) is -0.0728. The van der Waals surface area contributed by atoms with Crippen molar-refractivity contribution < 1.29 is 17.9 Å².